The van der Waals surface area contributed by atoms with Gasteiger partial charge in [-0.2, -0.15) is 0 Å². The van der Waals surface area contributed by atoms with Crippen molar-refractivity contribution >= 4 is 66.7 Å². The van der Waals surface area contributed by atoms with Gasteiger partial charge in [0.2, 0.25) is 11.8 Å². The van der Waals surface area contributed by atoms with Gasteiger partial charge in [0.15, 0.2) is 0 Å². The van der Waals surface area contributed by atoms with E-state index < -0.39 is 28.5 Å². The third kappa shape index (κ3) is 8.20. The molecule has 0 saturated heterocycles. The molecule has 0 bridgehead atoms. The molecule has 0 radical (unpaired) electrons. The first-order valence-corrected chi connectivity index (χ1v) is 15.3. The minimum atomic E-state index is -4.20. The number of carbonyl (C=O) groups excluding carboxylic acids is 2. The number of rotatable bonds is 11. The van der Waals surface area contributed by atoms with Crippen LogP contribution in [-0.4, -0.2) is 43.8 Å². The molecule has 7 nitrogen and oxygen atoms in total. The van der Waals surface area contributed by atoms with Gasteiger partial charge < -0.3 is 10.2 Å². The molecule has 2 amide bonds. The maximum atomic E-state index is 13.9. The van der Waals surface area contributed by atoms with Crippen LogP contribution >= 0.6 is 39.1 Å². The van der Waals surface area contributed by atoms with E-state index >= 15 is 0 Å². The monoisotopic (exact) mass is 653 g/mol. The van der Waals surface area contributed by atoms with E-state index in [9.17, 15) is 18.0 Å². The molecule has 0 heterocycles. The van der Waals surface area contributed by atoms with Gasteiger partial charge in [-0.15, -0.1) is 0 Å². The number of nitrogens with one attached hydrogen (secondary N) is 1. The van der Waals surface area contributed by atoms with Crippen molar-refractivity contribution in [2.75, 3.05) is 10.8 Å². The number of benzene rings is 3. The minimum absolute atomic E-state index is 0.00378. The molecule has 0 fully saturated rings. The molecule has 0 saturated carbocycles. The predicted octanol–water partition coefficient (Wildman–Crippen LogP) is 6.28. The van der Waals surface area contributed by atoms with Gasteiger partial charge in [-0.25, -0.2) is 8.42 Å². The number of carbonyl (C=O) groups is 2. The molecular formula is C28H30BrCl2N3O4S. The summed E-state index contributed by atoms with van der Waals surface area (Å²) in [6.45, 7) is 4.97. The quantitative estimate of drug-likeness (QED) is 0.264. The maximum absolute atomic E-state index is 13.9. The Morgan fingerprint density at radius 1 is 0.949 bits per heavy atom. The van der Waals surface area contributed by atoms with Crippen LogP contribution in [0.1, 0.15) is 32.8 Å². The highest BCUT2D eigenvalue weighted by Gasteiger charge is 2.33. The first-order chi connectivity index (χ1) is 18.4. The molecule has 0 aromatic heterocycles. The van der Waals surface area contributed by atoms with Crippen LogP contribution in [0.25, 0.3) is 0 Å². The zero-order chi connectivity index (χ0) is 28.7. The van der Waals surface area contributed by atoms with Crippen LogP contribution in [0.2, 0.25) is 10.0 Å². The molecule has 3 aromatic carbocycles. The molecule has 39 heavy (non-hydrogen) atoms. The third-order valence-electron chi connectivity index (χ3n) is 6.18. The van der Waals surface area contributed by atoms with Crippen molar-refractivity contribution in [3.05, 3.63) is 92.9 Å². The topological polar surface area (TPSA) is 86.8 Å². The molecule has 3 aromatic rings. The highest BCUT2D eigenvalue weighted by atomic mass is 79.9. The summed E-state index contributed by atoms with van der Waals surface area (Å²) in [4.78, 5) is 28.4. The van der Waals surface area contributed by atoms with Gasteiger partial charge in [-0.3, -0.25) is 13.9 Å². The van der Waals surface area contributed by atoms with Crippen molar-refractivity contribution in [3.63, 3.8) is 0 Å². The second kappa shape index (κ2) is 13.7. The van der Waals surface area contributed by atoms with E-state index in [-0.39, 0.29) is 39.1 Å². The van der Waals surface area contributed by atoms with Gasteiger partial charge in [0.05, 0.1) is 10.6 Å². The summed E-state index contributed by atoms with van der Waals surface area (Å²) >= 11 is 15.8. The molecule has 208 valence electrons. The van der Waals surface area contributed by atoms with Crippen molar-refractivity contribution in [2.24, 2.45) is 0 Å². The summed E-state index contributed by atoms with van der Waals surface area (Å²) in [5.74, 6) is -0.904. The Bertz CT molecular complexity index is 1390. The summed E-state index contributed by atoms with van der Waals surface area (Å²) in [6, 6.07) is 18.5. The van der Waals surface area contributed by atoms with Crippen LogP contribution in [0, 0.1) is 0 Å². The van der Waals surface area contributed by atoms with Gasteiger partial charge in [-0.05, 0) is 68.3 Å². The Kier molecular flexibility index (Phi) is 10.8. The Morgan fingerprint density at radius 3 is 2.10 bits per heavy atom. The molecule has 0 spiro atoms. The van der Waals surface area contributed by atoms with Crippen molar-refractivity contribution in [1.29, 1.82) is 0 Å². The molecule has 11 heteroatoms. The zero-order valence-electron chi connectivity index (χ0n) is 21.8. The van der Waals surface area contributed by atoms with E-state index in [4.69, 9.17) is 23.2 Å². The summed E-state index contributed by atoms with van der Waals surface area (Å²) in [6.07, 6.45) is 0.720. The highest BCUT2D eigenvalue weighted by molar-refractivity contribution is 9.10. The second-order valence-electron chi connectivity index (χ2n) is 9.09. The van der Waals surface area contributed by atoms with E-state index in [1.807, 2.05) is 38.1 Å². The van der Waals surface area contributed by atoms with Gasteiger partial charge in [0.1, 0.15) is 12.6 Å². The standard InChI is InChI=1S/C28H30BrCl2N3O4S/c1-4-19(2)32-28(36)20(3)33(17-21-10-12-22(29)13-11-21)27(35)18-34(25-15-23(30)14-24(31)16-25)39(37,38)26-8-6-5-7-9-26/h5-16,19-20H,4,17-18H2,1-3H3,(H,32,36)/t19-,20+/m1/s1. The van der Waals surface area contributed by atoms with Crippen molar-refractivity contribution in [2.45, 2.75) is 50.7 Å². The molecule has 0 aliphatic heterocycles. The van der Waals surface area contributed by atoms with E-state index in [1.165, 1.54) is 35.2 Å². The summed E-state index contributed by atoms with van der Waals surface area (Å²) < 4.78 is 29.4. The fraction of sp³-hybridized carbons (Fsp3) is 0.286. The Labute approximate surface area is 248 Å². The Hall–Kier alpha value is -2.59. The smallest absolute Gasteiger partial charge is 0.264 e. The number of sulfonamides is 1. The minimum Gasteiger partial charge on any atom is -0.352 e. The fourth-order valence-corrected chi connectivity index (χ4v) is 5.96. The Morgan fingerprint density at radius 2 is 1.54 bits per heavy atom. The van der Waals surface area contributed by atoms with Gasteiger partial charge in [0, 0.05) is 27.1 Å². The first kappa shape index (κ1) is 30.9. The first-order valence-electron chi connectivity index (χ1n) is 12.3. The average molecular weight is 655 g/mol. The number of hydrogen-bond donors (Lipinski definition) is 1. The summed E-state index contributed by atoms with van der Waals surface area (Å²) in [5.41, 5.74) is 0.906. The zero-order valence-corrected chi connectivity index (χ0v) is 25.7. The lowest BCUT2D eigenvalue weighted by Gasteiger charge is -2.32. The Balaban J connectivity index is 2.04. The van der Waals surface area contributed by atoms with Crippen LogP contribution in [0.3, 0.4) is 0 Å². The molecule has 0 aliphatic carbocycles. The SMILES string of the molecule is CC[C@@H](C)NC(=O)[C@H](C)N(Cc1ccc(Br)cc1)C(=O)CN(c1cc(Cl)cc(Cl)c1)S(=O)(=O)c1ccccc1. The fourth-order valence-electron chi connectivity index (χ4n) is 3.77. The second-order valence-corrected chi connectivity index (χ2v) is 12.7. The predicted molar refractivity (Wildman–Crippen MR) is 159 cm³/mol. The van der Waals surface area contributed by atoms with Crippen molar-refractivity contribution < 1.29 is 18.0 Å². The van der Waals surface area contributed by atoms with Crippen LogP contribution < -0.4 is 9.62 Å². The van der Waals surface area contributed by atoms with E-state index in [1.54, 1.807) is 25.1 Å². The lowest BCUT2D eigenvalue weighted by molar-refractivity contribution is -0.139. The number of nitrogens with zero attached hydrogens (tertiary/aromatic N) is 2. The van der Waals surface area contributed by atoms with Gasteiger partial charge >= 0.3 is 0 Å². The largest absolute Gasteiger partial charge is 0.352 e. The number of halogens is 3. The lowest BCUT2D eigenvalue weighted by Crippen LogP contribution is -2.52. The van der Waals surface area contributed by atoms with Crippen molar-refractivity contribution in [3.8, 4) is 0 Å². The summed E-state index contributed by atoms with van der Waals surface area (Å²) in [7, 11) is -4.20. The molecule has 3 rings (SSSR count). The molecule has 0 aliphatic rings. The number of hydrogen-bond acceptors (Lipinski definition) is 4. The third-order valence-corrected chi connectivity index (χ3v) is 8.93. The normalized spacial score (nSPS) is 12.9. The van der Waals surface area contributed by atoms with Crippen LogP contribution in [-0.2, 0) is 26.2 Å². The van der Waals surface area contributed by atoms with Crippen molar-refractivity contribution in [1.82, 2.24) is 10.2 Å². The molecule has 1 N–H and O–H groups in total. The van der Waals surface area contributed by atoms with E-state index in [0.29, 0.717) is 0 Å². The highest BCUT2D eigenvalue weighted by Crippen LogP contribution is 2.30. The van der Waals surface area contributed by atoms with Crippen LogP contribution in [0.4, 0.5) is 5.69 Å². The molecular weight excluding hydrogens is 625 g/mol. The van der Waals surface area contributed by atoms with Crippen LogP contribution in [0.15, 0.2) is 82.2 Å². The molecule has 0 unspecified atom stereocenters. The summed E-state index contributed by atoms with van der Waals surface area (Å²) in [5, 5.41) is 3.34. The average Bonchev–Trinajstić information content (AvgIpc) is 2.90. The number of anilines is 1. The lowest BCUT2D eigenvalue weighted by atomic mass is 10.1. The van der Waals surface area contributed by atoms with Gasteiger partial charge in [-0.1, -0.05) is 76.4 Å². The maximum Gasteiger partial charge on any atom is 0.264 e. The van der Waals surface area contributed by atoms with Gasteiger partial charge in [0.25, 0.3) is 10.0 Å². The molecule has 2 atom stereocenters. The number of amides is 2. The van der Waals surface area contributed by atoms with Crippen LogP contribution in [0.5, 0.6) is 0 Å². The van der Waals surface area contributed by atoms with E-state index in [2.05, 4.69) is 21.2 Å². The van der Waals surface area contributed by atoms with E-state index in [0.717, 1.165) is 20.8 Å².